The Balaban J connectivity index is 1.44. The fourth-order valence-electron chi connectivity index (χ4n) is 4.46. The van der Waals surface area contributed by atoms with Gasteiger partial charge in [0.2, 0.25) is 5.91 Å². The third-order valence-electron chi connectivity index (χ3n) is 6.16. The Morgan fingerprint density at radius 2 is 1.83 bits per heavy atom. The quantitative estimate of drug-likeness (QED) is 0.482. The standard InChI is InChI=1S/C24H21N3O5S3/c1-14-6-8-15(9-7-14)25-19(28)12-26-18-5-3-2-4-17(18)20(22(26)29)21-23(30)27(24(33)34-21)16-10-11-35(31,32)13-16/h2-9,16H,10-13H2,1H3,(H,25,28)/b21-20-. The number of aryl methyl sites for hydroxylation is 1. The number of benzene rings is 2. The fraction of sp³-hybridized carbons (Fsp3) is 0.250. The topological polar surface area (TPSA) is 104 Å². The van der Waals surface area contributed by atoms with Crippen molar-refractivity contribution < 1.29 is 22.8 Å². The normalized spacial score (nSPS) is 23.2. The number of amides is 3. The zero-order valence-corrected chi connectivity index (χ0v) is 21.1. The van der Waals surface area contributed by atoms with Crippen molar-refractivity contribution in [1.82, 2.24) is 4.90 Å². The van der Waals surface area contributed by atoms with E-state index in [2.05, 4.69) is 5.32 Å². The summed E-state index contributed by atoms with van der Waals surface area (Å²) < 4.78 is 24.2. The Kier molecular flexibility index (Phi) is 6.02. The molecule has 0 spiro atoms. The summed E-state index contributed by atoms with van der Waals surface area (Å²) in [7, 11) is -3.22. The highest BCUT2D eigenvalue weighted by Gasteiger charge is 2.46. The lowest BCUT2D eigenvalue weighted by molar-refractivity contribution is -0.123. The van der Waals surface area contributed by atoms with Crippen LogP contribution in [-0.4, -0.2) is 59.5 Å². The first-order valence-corrected chi connectivity index (χ1v) is 14.0. The second-order valence-corrected chi connectivity index (χ2v) is 12.5. The largest absolute Gasteiger partial charge is 0.325 e. The number of nitrogens with one attached hydrogen (secondary N) is 1. The number of thiocarbonyl (C=S) groups is 1. The number of nitrogens with zero attached hydrogens (tertiary/aromatic N) is 2. The molecule has 0 saturated carbocycles. The third kappa shape index (κ3) is 4.39. The van der Waals surface area contributed by atoms with Crippen molar-refractivity contribution in [3.63, 3.8) is 0 Å². The number of thioether (sulfide) groups is 1. The molecule has 3 aliphatic heterocycles. The van der Waals surface area contributed by atoms with E-state index in [4.69, 9.17) is 12.2 Å². The Morgan fingerprint density at radius 3 is 2.51 bits per heavy atom. The van der Waals surface area contributed by atoms with Crippen LogP contribution < -0.4 is 10.2 Å². The summed E-state index contributed by atoms with van der Waals surface area (Å²) in [6, 6.07) is 13.8. The molecule has 35 heavy (non-hydrogen) atoms. The van der Waals surface area contributed by atoms with Gasteiger partial charge in [-0.05, 0) is 31.5 Å². The van der Waals surface area contributed by atoms with Crippen LogP contribution in [0.1, 0.15) is 17.5 Å². The van der Waals surface area contributed by atoms with Gasteiger partial charge in [0.15, 0.2) is 9.84 Å². The summed E-state index contributed by atoms with van der Waals surface area (Å²) in [6.07, 6.45) is 0.313. The lowest BCUT2D eigenvalue weighted by atomic mass is 10.1. The Bertz CT molecular complexity index is 1420. The summed E-state index contributed by atoms with van der Waals surface area (Å²) >= 11 is 6.41. The van der Waals surface area contributed by atoms with E-state index in [1.54, 1.807) is 36.4 Å². The average molecular weight is 528 g/mol. The fourth-order valence-corrected chi connectivity index (χ4v) is 7.63. The molecule has 1 atom stereocenters. The van der Waals surface area contributed by atoms with E-state index >= 15 is 0 Å². The van der Waals surface area contributed by atoms with Gasteiger partial charge in [-0.1, -0.05) is 59.9 Å². The summed E-state index contributed by atoms with van der Waals surface area (Å²) in [4.78, 5) is 42.5. The van der Waals surface area contributed by atoms with Gasteiger partial charge in [-0.15, -0.1) is 0 Å². The van der Waals surface area contributed by atoms with Crippen molar-refractivity contribution in [3.8, 4) is 0 Å². The number of rotatable bonds is 4. The Morgan fingerprint density at radius 1 is 1.11 bits per heavy atom. The SMILES string of the molecule is Cc1ccc(NC(=O)CN2C(=O)/C(=C3\SC(=S)N(C4CCS(=O)(=O)C4)C3=O)c3ccccc32)cc1. The molecule has 180 valence electrons. The summed E-state index contributed by atoms with van der Waals surface area (Å²) in [5, 5.41) is 2.79. The van der Waals surface area contributed by atoms with E-state index in [0.29, 0.717) is 23.4 Å². The molecule has 5 rings (SSSR count). The Hall–Kier alpha value is -3.02. The Labute approximate surface area is 212 Å². The van der Waals surface area contributed by atoms with Crippen LogP contribution >= 0.6 is 24.0 Å². The van der Waals surface area contributed by atoms with Gasteiger partial charge in [0.1, 0.15) is 10.9 Å². The number of carbonyl (C=O) groups excluding carboxylic acids is 3. The van der Waals surface area contributed by atoms with Crippen molar-refractivity contribution in [2.45, 2.75) is 19.4 Å². The summed E-state index contributed by atoms with van der Waals surface area (Å²) in [5.41, 5.74) is 2.93. The van der Waals surface area contributed by atoms with E-state index in [0.717, 1.165) is 17.3 Å². The first kappa shape index (κ1) is 23.7. The van der Waals surface area contributed by atoms with Crippen LogP contribution in [0.2, 0.25) is 0 Å². The number of para-hydroxylation sites is 1. The molecule has 1 N–H and O–H groups in total. The van der Waals surface area contributed by atoms with Gasteiger partial charge in [0, 0.05) is 11.3 Å². The summed E-state index contributed by atoms with van der Waals surface area (Å²) in [5.74, 6) is -1.44. The van der Waals surface area contributed by atoms with Crippen LogP contribution in [0.25, 0.3) is 5.57 Å². The third-order valence-corrected chi connectivity index (χ3v) is 9.31. The maximum atomic E-state index is 13.5. The number of carbonyl (C=O) groups is 3. The number of hydrogen-bond acceptors (Lipinski definition) is 7. The predicted molar refractivity (Wildman–Crippen MR) is 140 cm³/mol. The van der Waals surface area contributed by atoms with Crippen molar-refractivity contribution in [1.29, 1.82) is 0 Å². The van der Waals surface area contributed by atoms with Gasteiger partial charge in [-0.25, -0.2) is 8.42 Å². The molecule has 0 aliphatic carbocycles. The molecule has 2 aromatic rings. The van der Waals surface area contributed by atoms with Gasteiger partial charge < -0.3 is 5.32 Å². The predicted octanol–water partition coefficient (Wildman–Crippen LogP) is 2.74. The molecule has 8 nitrogen and oxygen atoms in total. The lowest BCUT2D eigenvalue weighted by Crippen LogP contribution is -2.39. The second kappa shape index (κ2) is 8.89. The molecule has 1 unspecified atom stereocenters. The summed E-state index contributed by atoms with van der Waals surface area (Å²) in [6.45, 7) is 1.72. The minimum Gasteiger partial charge on any atom is -0.325 e. The van der Waals surface area contributed by atoms with E-state index in [-0.39, 0.29) is 38.8 Å². The van der Waals surface area contributed by atoms with E-state index in [1.807, 2.05) is 19.1 Å². The number of anilines is 2. The van der Waals surface area contributed by atoms with Crippen LogP contribution in [0.15, 0.2) is 53.4 Å². The number of fused-ring (bicyclic) bond motifs is 1. The molecule has 0 radical (unpaired) electrons. The van der Waals surface area contributed by atoms with Gasteiger partial charge in [0.05, 0.1) is 33.7 Å². The van der Waals surface area contributed by atoms with E-state index in [9.17, 15) is 22.8 Å². The van der Waals surface area contributed by atoms with Crippen LogP contribution in [0.3, 0.4) is 0 Å². The molecule has 0 aromatic heterocycles. The van der Waals surface area contributed by atoms with Gasteiger partial charge in [-0.2, -0.15) is 0 Å². The molecule has 2 fully saturated rings. The molecular weight excluding hydrogens is 506 g/mol. The van der Waals surface area contributed by atoms with Gasteiger partial charge >= 0.3 is 0 Å². The zero-order chi connectivity index (χ0) is 24.9. The van der Waals surface area contributed by atoms with E-state index in [1.165, 1.54) is 9.80 Å². The van der Waals surface area contributed by atoms with Crippen molar-refractivity contribution >= 4 is 72.8 Å². The van der Waals surface area contributed by atoms with E-state index < -0.39 is 27.7 Å². The van der Waals surface area contributed by atoms with Crippen LogP contribution in [0.4, 0.5) is 11.4 Å². The zero-order valence-electron chi connectivity index (χ0n) is 18.7. The first-order chi connectivity index (χ1) is 16.6. The highest BCUT2D eigenvalue weighted by Crippen LogP contribution is 2.45. The van der Waals surface area contributed by atoms with Gasteiger partial charge in [0.25, 0.3) is 11.8 Å². The average Bonchev–Trinajstić information content (AvgIpc) is 3.40. The number of sulfone groups is 1. The minimum absolute atomic E-state index is 0.00622. The smallest absolute Gasteiger partial charge is 0.267 e. The molecule has 3 heterocycles. The molecule has 11 heteroatoms. The molecule has 2 saturated heterocycles. The molecule has 3 amide bonds. The lowest BCUT2D eigenvalue weighted by Gasteiger charge is -2.21. The second-order valence-electron chi connectivity index (χ2n) is 8.63. The van der Waals surface area contributed by atoms with Crippen molar-refractivity contribution in [3.05, 3.63) is 64.6 Å². The highest BCUT2D eigenvalue weighted by molar-refractivity contribution is 8.26. The van der Waals surface area contributed by atoms with Crippen LogP contribution in [0, 0.1) is 6.92 Å². The number of hydrogen-bond donors (Lipinski definition) is 1. The van der Waals surface area contributed by atoms with Crippen molar-refractivity contribution in [2.75, 3.05) is 28.3 Å². The molecule has 2 aromatic carbocycles. The highest BCUT2D eigenvalue weighted by atomic mass is 32.2. The minimum atomic E-state index is -3.22. The monoisotopic (exact) mass is 527 g/mol. The maximum absolute atomic E-state index is 13.5. The molecule has 3 aliphatic rings. The van der Waals surface area contributed by atoms with Crippen molar-refractivity contribution in [2.24, 2.45) is 0 Å². The first-order valence-electron chi connectivity index (χ1n) is 10.9. The maximum Gasteiger partial charge on any atom is 0.267 e. The van der Waals surface area contributed by atoms with Gasteiger partial charge in [-0.3, -0.25) is 24.2 Å². The molecule has 0 bridgehead atoms. The molecular formula is C24H21N3O5S3. The van der Waals surface area contributed by atoms with Crippen LogP contribution in [0.5, 0.6) is 0 Å². The van der Waals surface area contributed by atoms with Crippen LogP contribution in [-0.2, 0) is 24.2 Å².